The van der Waals surface area contributed by atoms with Crippen molar-refractivity contribution in [1.29, 1.82) is 0 Å². The standard InChI is InChI=1S/C29H32O13/c1-14(2)9-22(31)29(38)26(36)21(13-40-24(34)11-23(32)33)42-28(27(29)37)41-17-7-8-18-20(10-17)39-12-19(25(18)35)15-3-5-16(30)6-4-15/h3-8,10,12,14,21-22,26-28,30-31,36-38H,9,11,13H2,1-2H3,(H,32,33)/t21-,22-,26-,27+,28-,29+/m0/s1. The molecule has 1 saturated heterocycles. The number of benzene rings is 2. The van der Waals surface area contributed by atoms with Crippen LogP contribution in [0.15, 0.2) is 57.9 Å². The highest BCUT2D eigenvalue weighted by Crippen LogP contribution is 2.36. The molecule has 3 aromatic rings. The molecule has 2 heterocycles. The molecule has 13 nitrogen and oxygen atoms in total. The van der Waals surface area contributed by atoms with Gasteiger partial charge in [-0.3, -0.25) is 14.4 Å². The first-order chi connectivity index (χ1) is 19.8. The number of carboxylic acids is 1. The summed E-state index contributed by atoms with van der Waals surface area (Å²) in [5, 5.41) is 62.7. The lowest BCUT2D eigenvalue weighted by Gasteiger charge is -2.49. The van der Waals surface area contributed by atoms with Crippen LogP contribution in [0.1, 0.15) is 26.7 Å². The molecule has 0 saturated carbocycles. The van der Waals surface area contributed by atoms with Crippen LogP contribution in [0.5, 0.6) is 11.5 Å². The number of fused-ring (bicyclic) bond motifs is 1. The Kier molecular flexibility index (Phi) is 9.18. The zero-order valence-electron chi connectivity index (χ0n) is 22.7. The lowest BCUT2D eigenvalue weighted by atomic mass is 9.77. The number of aliphatic carboxylic acids is 1. The average Bonchev–Trinajstić information content (AvgIpc) is 2.92. The number of esters is 1. The predicted octanol–water partition coefficient (Wildman–Crippen LogP) is 1.15. The number of carboxylic acid groups (broad SMARTS) is 1. The van der Waals surface area contributed by atoms with E-state index in [0.29, 0.717) is 5.56 Å². The predicted molar refractivity (Wildman–Crippen MR) is 145 cm³/mol. The largest absolute Gasteiger partial charge is 0.508 e. The van der Waals surface area contributed by atoms with Gasteiger partial charge in [-0.2, -0.15) is 0 Å². The molecule has 1 aromatic heterocycles. The van der Waals surface area contributed by atoms with E-state index in [1.165, 1.54) is 36.6 Å². The van der Waals surface area contributed by atoms with Gasteiger partial charge in [0.15, 0.2) is 11.0 Å². The Hall–Kier alpha value is -4.01. The Morgan fingerprint density at radius 1 is 1.07 bits per heavy atom. The van der Waals surface area contributed by atoms with Crippen molar-refractivity contribution in [3.05, 3.63) is 59.0 Å². The van der Waals surface area contributed by atoms with Gasteiger partial charge < -0.3 is 49.3 Å². The molecule has 6 atom stereocenters. The van der Waals surface area contributed by atoms with E-state index in [1.54, 1.807) is 26.0 Å². The van der Waals surface area contributed by atoms with Crippen LogP contribution in [0.25, 0.3) is 22.1 Å². The molecule has 1 aliphatic heterocycles. The normalized spacial score (nSPS) is 24.8. The number of carbonyl (C=O) groups is 2. The average molecular weight is 589 g/mol. The Morgan fingerprint density at radius 3 is 2.40 bits per heavy atom. The van der Waals surface area contributed by atoms with Gasteiger partial charge in [0, 0.05) is 6.07 Å². The molecule has 4 rings (SSSR count). The first-order valence-corrected chi connectivity index (χ1v) is 13.1. The third-order valence-corrected chi connectivity index (χ3v) is 6.98. The summed E-state index contributed by atoms with van der Waals surface area (Å²) in [6.07, 6.45) is -8.64. The van der Waals surface area contributed by atoms with Crippen molar-refractivity contribution in [2.24, 2.45) is 5.92 Å². The fourth-order valence-electron chi connectivity index (χ4n) is 4.77. The van der Waals surface area contributed by atoms with Gasteiger partial charge in [0.05, 0.1) is 17.1 Å². The van der Waals surface area contributed by atoms with Gasteiger partial charge in [-0.15, -0.1) is 0 Å². The van der Waals surface area contributed by atoms with Crippen molar-refractivity contribution in [1.82, 2.24) is 0 Å². The SMILES string of the molecule is CC(C)C[C@H](O)[C@]1(O)[C@H](O)[C@@H](Oc2ccc3c(=O)c(-c4ccc(O)cc4)coc3c2)O[C@@H](COC(=O)CC(=O)O)[C@@H]1O. The third-order valence-electron chi connectivity index (χ3n) is 6.98. The monoisotopic (exact) mass is 588 g/mol. The molecule has 42 heavy (non-hydrogen) atoms. The Balaban J connectivity index is 1.62. The lowest BCUT2D eigenvalue weighted by Crippen LogP contribution is -2.72. The van der Waals surface area contributed by atoms with Crippen LogP contribution in [0.3, 0.4) is 0 Å². The first kappa shape index (κ1) is 30.9. The molecular formula is C29H32O13. The van der Waals surface area contributed by atoms with Gasteiger partial charge in [0.1, 0.15) is 54.7 Å². The Labute approximate surface area is 239 Å². The van der Waals surface area contributed by atoms with Crippen LogP contribution < -0.4 is 10.2 Å². The minimum absolute atomic E-state index is 0.0193. The number of rotatable bonds is 10. The number of hydrogen-bond acceptors (Lipinski definition) is 12. The fourth-order valence-corrected chi connectivity index (χ4v) is 4.77. The minimum Gasteiger partial charge on any atom is -0.508 e. The van der Waals surface area contributed by atoms with E-state index in [1.807, 2.05) is 0 Å². The molecule has 0 unspecified atom stereocenters. The van der Waals surface area contributed by atoms with Crippen LogP contribution in [-0.4, -0.2) is 85.5 Å². The number of phenolic OH excluding ortho intramolecular Hbond substituents is 1. The number of hydrogen-bond donors (Lipinski definition) is 6. The Bertz CT molecular complexity index is 1480. The maximum absolute atomic E-state index is 13.1. The fraction of sp³-hybridized carbons (Fsp3) is 0.414. The Morgan fingerprint density at radius 2 is 1.76 bits per heavy atom. The van der Waals surface area contributed by atoms with Crippen molar-refractivity contribution < 1.29 is 58.9 Å². The van der Waals surface area contributed by atoms with E-state index in [2.05, 4.69) is 0 Å². The summed E-state index contributed by atoms with van der Waals surface area (Å²) in [5.74, 6) is -2.68. The van der Waals surface area contributed by atoms with E-state index in [-0.39, 0.29) is 45.8 Å². The summed E-state index contributed by atoms with van der Waals surface area (Å²) >= 11 is 0. The molecular weight excluding hydrogens is 556 g/mol. The highest BCUT2D eigenvalue weighted by molar-refractivity contribution is 5.90. The first-order valence-electron chi connectivity index (χ1n) is 13.1. The van der Waals surface area contributed by atoms with E-state index in [4.69, 9.17) is 23.7 Å². The minimum atomic E-state index is -2.60. The van der Waals surface area contributed by atoms with E-state index >= 15 is 0 Å². The van der Waals surface area contributed by atoms with Gasteiger partial charge in [-0.05, 0) is 42.2 Å². The number of aliphatic hydroxyl groups is 4. The van der Waals surface area contributed by atoms with E-state index in [9.17, 15) is 39.9 Å². The number of aromatic hydroxyl groups is 1. The molecule has 0 amide bonds. The molecule has 0 radical (unpaired) electrons. The third kappa shape index (κ3) is 6.40. The molecule has 0 aliphatic carbocycles. The summed E-state index contributed by atoms with van der Waals surface area (Å²) in [7, 11) is 0. The molecule has 2 aromatic carbocycles. The lowest BCUT2D eigenvalue weighted by molar-refractivity contribution is -0.334. The van der Waals surface area contributed by atoms with Crippen LogP contribution in [0, 0.1) is 5.92 Å². The number of phenols is 1. The van der Waals surface area contributed by atoms with Gasteiger partial charge >= 0.3 is 11.9 Å². The molecule has 226 valence electrons. The maximum Gasteiger partial charge on any atom is 0.317 e. The van der Waals surface area contributed by atoms with Crippen LogP contribution >= 0.6 is 0 Å². The summed E-state index contributed by atoms with van der Waals surface area (Å²) < 4.78 is 21.9. The summed E-state index contributed by atoms with van der Waals surface area (Å²) in [6, 6.07) is 10.1. The molecule has 1 fully saturated rings. The second-order valence-electron chi connectivity index (χ2n) is 10.5. The quantitative estimate of drug-likeness (QED) is 0.145. The summed E-state index contributed by atoms with van der Waals surface area (Å²) in [6.45, 7) is 2.78. The van der Waals surface area contributed by atoms with Gasteiger partial charge in [-0.1, -0.05) is 26.0 Å². The van der Waals surface area contributed by atoms with Crippen molar-refractivity contribution in [2.75, 3.05) is 6.61 Å². The van der Waals surface area contributed by atoms with Crippen LogP contribution in [0.2, 0.25) is 0 Å². The van der Waals surface area contributed by atoms with Crippen molar-refractivity contribution in [3.63, 3.8) is 0 Å². The smallest absolute Gasteiger partial charge is 0.317 e. The highest BCUT2D eigenvalue weighted by Gasteiger charge is 2.60. The molecule has 0 bridgehead atoms. The van der Waals surface area contributed by atoms with Gasteiger partial charge in [0.25, 0.3) is 0 Å². The maximum atomic E-state index is 13.1. The highest BCUT2D eigenvalue weighted by atomic mass is 16.7. The van der Waals surface area contributed by atoms with E-state index in [0.717, 1.165) is 0 Å². The van der Waals surface area contributed by atoms with Crippen LogP contribution in [0.4, 0.5) is 0 Å². The summed E-state index contributed by atoms with van der Waals surface area (Å²) in [5.41, 5.74) is -2.07. The summed E-state index contributed by atoms with van der Waals surface area (Å²) in [4.78, 5) is 35.7. The number of aliphatic hydroxyl groups excluding tert-OH is 3. The zero-order valence-corrected chi connectivity index (χ0v) is 22.7. The number of ether oxygens (including phenoxy) is 3. The van der Waals surface area contributed by atoms with Crippen molar-refractivity contribution in [3.8, 4) is 22.6 Å². The molecule has 1 aliphatic rings. The van der Waals surface area contributed by atoms with Crippen molar-refractivity contribution in [2.45, 2.75) is 63.0 Å². The molecule has 0 spiro atoms. The van der Waals surface area contributed by atoms with E-state index < -0.39 is 61.3 Å². The second-order valence-corrected chi connectivity index (χ2v) is 10.5. The van der Waals surface area contributed by atoms with Crippen molar-refractivity contribution >= 4 is 22.9 Å². The topological polar surface area (TPSA) is 213 Å². The zero-order chi connectivity index (χ0) is 30.8. The van der Waals surface area contributed by atoms with Crippen LogP contribution in [-0.2, 0) is 19.1 Å². The van der Waals surface area contributed by atoms with Gasteiger partial charge in [0.2, 0.25) is 6.29 Å². The van der Waals surface area contributed by atoms with Gasteiger partial charge in [-0.25, -0.2) is 0 Å². The number of carbonyl (C=O) groups excluding carboxylic acids is 1. The molecule has 6 N–H and O–H groups in total. The second kappa shape index (κ2) is 12.5. The molecule has 13 heteroatoms.